The van der Waals surface area contributed by atoms with Gasteiger partial charge >= 0.3 is 12.5 Å². The quantitative estimate of drug-likeness (QED) is 0.625. The minimum Gasteiger partial charge on any atom is -0.444 e. The van der Waals surface area contributed by atoms with Crippen molar-refractivity contribution in [3.63, 3.8) is 0 Å². The minimum absolute atomic E-state index is 0.0495. The van der Waals surface area contributed by atoms with E-state index in [0.29, 0.717) is 42.8 Å². The molecule has 174 valence electrons. The summed E-state index contributed by atoms with van der Waals surface area (Å²) >= 11 is 0. The highest BCUT2D eigenvalue weighted by molar-refractivity contribution is 5.95. The predicted octanol–water partition coefficient (Wildman–Crippen LogP) is 4.64. The van der Waals surface area contributed by atoms with Crippen molar-refractivity contribution in [1.82, 2.24) is 15.2 Å². The molecule has 0 radical (unpaired) electrons. The van der Waals surface area contributed by atoms with Gasteiger partial charge in [0, 0.05) is 24.8 Å². The van der Waals surface area contributed by atoms with Crippen molar-refractivity contribution in [2.75, 3.05) is 13.1 Å². The molecular weight excluding hydrogens is 427 g/mol. The highest BCUT2D eigenvalue weighted by Gasteiger charge is 2.31. The Bertz CT molecular complexity index is 980. The Morgan fingerprint density at radius 3 is 2.66 bits per heavy atom. The number of alkyl carbamates (subject to hydrolysis) is 1. The van der Waals surface area contributed by atoms with Crippen LogP contribution in [0, 0.1) is 0 Å². The van der Waals surface area contributed by atoms with Gasteiger partial charge in [0.15, 0.2) is 0 Å². The Balaban J connectivity index is 1.67. The number of ether oxygens (including phenoxy) is 2. The second-order valence-corrected chi connectivity index (χ2v) is 8.53. The van der Waals surface area contributed by atoms with Gasteiger partial charge in [-0.15, -0.1) is 13.2 Å². The molecule has 2 heterocycles. The van der Waals surface area contributed by atoms with Gasteiger partial charge in [0.05, 0.1) is 6.04 Å². The number of rotatable bonds is 6. The third-order valence-corrected chi connectivity index (χ3v) is 4.76. The maximum Gasteiger partial charge on any atom is 0.573 e. The second kappa shape index (κ2) is 9.13. The largest absolute Gasteiger partial charge is 0.573 e. The highest BCUT2D eigenvalue weighted by atomic mass is 19.4. The zero-order valence-corrected chi connectivity index (χ0v) is 18.1. The Morgan fingerprint density at radius 1 is 1.22 bits per heavy atom. The van der Waals surface area contributed by atoms with E-state index in [1.807, 2.05) is 4.57 Å². The molecule has 0 fully saturated rings. The molecule has 0 saturated carbocycles. The summed E-state index contributed by atoms with van der Waals surface area (Å²) in [7, 11) is 0. The van der Waals surface area contributed by atoms with E-state index >= 15 is 0 Å². The molecule has 0 unspecified atom stereocenters. The molecule has 1 aliphatic rings. The van der Waals surface area contributed by atoms with Crippen LogP contribution in [0.25, 0.3) is 11.1 Å². The molecule has 0 bridgehead atoms. The van der Waals surface area contributed by atoms with Gasteiger partial charge in [-0.2, -0.15) is 0 Å². The number of carbonyl (C=O) groups is 2. The van der Waals surface area contributed by atoms with E-state index in [1.165, 1.54) is 18.2 Å². The molecule has 10 heteroatoms. The van der Waals surface area contributed by atoms with Gasteiger partial charge in [-0.3, -0.25) is 4.79 Å². The fourth-order valence-electron chi connectivity index (χ4n) is 3.48. The number of carbonyl (C=O) groups excluding carboxylic acids is 2. The van der Waals surface area contributed by atoms with E-state index in [9.17, 15) is 22.8 Å². The van der Waals surface area contributed by atoms with Crippen molar-refractivity contribution in [3.05, 3.63) is 42.2 Å². The maximum atomic E-state index is 12.5. The average molecular weight is 453 g/mol. The van der Waals surface area contributed by atoms with Crippen LogP contribution in [0.5, 0.6) is 5.75 Å². The smallest absolute Gasteiger partial charge is 0.444 e. The first kappa shape index (κ1) is 23.5. The Morgan fingerprint density at radius 2 is 1.97 bits per heavy atom. The molecule has 0 saturated heterocycles. The summed E-state index contributed by atoms with van der Waals surface area (Å²) in [6.07, 6.45) is -2.18. The lowest BCUT2D eigenvalue weighted by Gasteiger charge is -2.26. The summed E-state index contributed by atoms with van der Waals surface area (Å²) in [5.41, 5.74) is 0.975. The Kier molecular flexibility index (Phi) is 6.71. The first-order valence-electron chi connectivity index (χ1n) is 10.2. The molecule has 1 atom stereocenters. The lowest BCUT2D eigenvalue weighted by atomic mass is 10.1. The van der Waals surface area contributed by atoms with Crippen molar-refractivity contribution >= 4 is 12.0 Å². The number of amides is 2. The number of benzene rings is 1. The van der Waals surface area contributed by atoms with Crippen LogP contribution < -0.4 is 15.4 Å². The van der Waals surface area contributed by atoms with Crippen molar-refractivity contribution in [2.45, 2.75) is 51.6 Å². The van der Waals surface area contributed by atoms with Gasteiger partial charge in [-0.25, -0.2) is 4.79 Å². The number of nitrogens with one attached hydrogen (secondary N) is 2. The lowest BCUT2D eigenvalue weighted by molar-refractivity contribution is -0.274. The van der Waals surface area contributed by atoms with Crippen LogP contribution in [0.4, 0.5) is 18.0 Å². The topological polar surface area (TPSA) is 81.6 Å². The molecule has 2 amide bonds. The molecule has 7 nitrogen and oxygen atoms in total. The molecule has 1 aliphatic heterocycles. The third-order valence-electron chi connectivity index (χ3n) is 4.76. The van der Waals surface area contributed by atoms with Gasteiger partial charge < -0.3 is 24.7 Å². The zero-order valence-electron chi connectivity index (χ0n) is 18.1. The molecule has 0 spiro atoms. The summed E-state index contributed by atoms with van der Waals surface area (Å²) in [5.74, 6) is -0.574. The first-order chi connectivity index (χ1) is 14.9. The fraction of sp³-hybridized carbons (Fsp3) is 0.455. The number of hydrogen-bond acceptors (Lipinski definition) is 4. The second-order valence-electron chi connectivity index (χ2n) is 8.53. The lowest BCUT2D eigenvalue weighted by Crippen LogP contribution is -2.39. The van der Waals surface area contributed by atoms with E-state index in [2.05, 4.69) is 15.4 Å². The van der Waals surface area contributed by atoms with E-state index < -0.39 is 18.1 Å². The monoisotopic (exact) mass is 453 g/mol. The number of alkyl halides is 3. The molecule has 0 aliphatic carbocycles. The van der Waals surface area contributed by atoms with Gasteiger partial charge in [-0.05, 0) is 57.4 Å². The van der Waals surface area contributed by atoms with Gasteiger partial charge in [-0.1, -0.05) is 12.1 Å². The van der Waals surface area contributed by atoms with Crippen molar-refractivity contribution in [1.29, 1.82) is 0 Å². The number of halogens is 3. The van der Waals surface area contributed by atoms with Gasteiger partial charge in [0.1, 0.15) is 17.0 Å². The number of hydrogen-bond donors (Lipinski definition) is 2. The fourth-order valence-corrected chi connectivity index (χ4v) is 3.48. The molecule has 32 heavy (non-hydrogen) atoms. The van der Waals surface area contributed by atoms with Crippen LogP contribution in [0.2, 0.25) is 0 Å². The van der Waals surface area contributed by atoms with Crippen LogP contribution >= 0.6 is 0 Å². The van der Waals surface area contributed by atoms with Crippen molar-refractivity contribution in [2.24, 2.45) is 0 Å². The van der Waals surface area contributed by atoms with Gasteiger partial charge in [0.2, 0.25) is 0 Å². The minimum atomic E-state index is -4.78. The van der Waals surface area contributed by atoms with Crippen LogP contribution in [0.15, 0.2) is 36.5 Å². The maximum absolute atomic E-state index is 12.5. The number of nitrogens with zero attached hydrogens (tertiary/aromatic N) is 1. The molecule has 2 N–H and O–H groups in total. The summed E-state index contributed by atoms with van der Waals surface area (Å²) in [6.45, 7) is 6.19. The van der Waals surface area contributed by atoms with Crippen molar-refractivity contribution in [3.8, 4) is 16.9 Å². The van der Waals surface area contributed by atoms with Crippen molar-refractivity contribution < 1.29 is 32.2 Å². The average Bonchev–Trinajstić information content (AvgIpc) is 3.11. The van der Waals surface area contributed by atoms with E-state index in [0.717, 1.165) is 0 Å². The summed E-state index contributed by atoms with van der Waals surface area (Å²) in [6, 6.07) is 7.22. The Hall–Kier alpha value is -3.17. The van der Waals surface area contributed by atoms with Gasteiger partial charge in [0.25, 0.3) is 5.91 Å². The first-order valence-corrected chi connectivity index (χ1v) is 10.2. The molecule has 3 rings (SSSR count). The normalized spacial score (nSPS) is 16.2. The zero-order chi connectivity index (χ0) is 23.5. The van der Waals surface area contributed by atoms with Crippen LogP contribution in [-0.2, 0) is 4.74 Å². The standard InChI is InChI=1S/C22H26F3N3O4/c1-21(2,3)32-20(30)26-9-5-7-16-12-27-19(29)18-11-15(13-28(16)18)14-6-4-8-17(10-14)31-22(23,24)25/h4,6,8,10-11,13,16H,5,7,9,12H2,1-3H3,(H,26,30)(H,27,29)/t16-/m0/s1. The number of aromatic nitrogens is 1. The van der Waals surface area contributed by atoms with Crippen LogP contribution in [-0.4, -0.2) is 41.6 Å². The van der Waals surface area contributed by atoms with Crippen LogP contribution in [0.1, 0.15) is 50.1 Å². The molecule has 1 aromatic heterocycles. The van der Waals surface area contributed by atoms with E-state index in [1.54, 1.807) is 39.1 Å². The highest BCUT2D eigenvalue weighted by Crippen LogP contribution is 2.31. The number of fused-ring (bicyclic) bond motifs is 1. The molecule has 1 aromatic carbocycles. The van der Waals surface area contributed by atoms with E-state index in [4.69, 9.17) is 4.74 Å². The Labute approximate surface area is 183 Å². The third kappa shape index (κ3) is 6.41. The summed E-state index contributed by atoms with van der Waals surface area (Å²) < 4.78 is 48.6. The SMILES string of the molecule is CC(C)(C)OC(=O)NCCC[C@H]1CNC(=O)c2cc(-c3cccc(OC(F)(F)F)c3)cn21. The molecular formula is C22H26F3N3O4. The summed E-state index contributed by atoms with van der Waals surface area (Å²) in [5, 5.41) is 5.53. The molecule has 2 aromatic rings. The van der Waals surface area contributed by atoms with E-state index in [-0.39, 0.29) is 17.7 Å². The predicted molar refractivity (Wildman–Crippen MR) is 111 cm³/mol. The van der Waals surface area contributed by atoms with Crippen LogP contribution in [0.3, 0.4) is 0 Å². The summed E-state index contributed by atoms with van der Waals surface area (Å²) in [4.78, 5) is 24.1.